The number of nitrogens with two attached hydrogens (primary N) is 1. The fourth-order valence-corrected chi connectivity index (χ4v) is 2.54. The second-order valence-corrected chi connectivity index (χ2v) is 5.67. The van der Waals surface area contributed by atoms with Gasteiger partial charge in [-0.15, -0.1) is 24.8 Å². The highest BCUT2D eigenvalue weighted by Gasteiger charge is 2.20. The first-order valence-electron chi connectivity index (χ1n) is 8.42. The summed E-state index contributed by atoms with van der Waals surface area (Å²) in [5.41, 5.74) is 7.20. The van der Waals surface area contributed by atoms with Gasteiger partial charge in [0, 0.05) is 19.6 Å². The van der Waals surface area contributed by atoms with E-state index in [4.69, 9.17) is 5.73 Å². The van der Waals surface area contributed by atoms with Gasteiger partial charge in [0.25, 0.3) is 0 Å². The van der Waals surface area contributed by atoms with Gasteiger partial charge in [-0.1, -0.05) is 57.5 Å². The highest BCUT2D eigenvalue weighted by molar-refractivity contribution is 5.85. The quantitative estimate of drug-likeness (QED) is 0.680. The molecule has 0 saturated carbocycles. The fourth-order valence-electron chi connectivity index (χ4n) is 2.54. The number of carbonyl (C=O) groups is 1. The maximum atomic E-state index is 12.6. The maximum Gasteiger partial charge on any atom is 0.239 e. The van der Waals surface area contributed by atoms with Crippen molar-refractivity contribution in [1.82, 2.24) is 9.80 Å². The van der Waals surface area contributed by atoms with Gasteiger partial charge in [0.1, 0.15) is 0 Å². The molecule has 1 aromatic carbocycles. The molecule has 1 unspecified atom stereocenters. The van der Waals surface area contributed by atoms with Crippen LogP contribution in [0, 0.1) is 0 Å². The van der Waals surface area contributed by atoms with Gasteiger partial charge < -0.3 is 15.5 Å². The molecule has 140 valence electrons. The normalized spacial score (nSPS) is 11.4. The van der Waals surface area contributed by atoms with E-state index in [9.17, 15) is 4.79 Å². The van der Waals surface area contributed by atoms with E-state index in [0.717, 1.165) is 44.6 Å². The summed E-state index contributed by atoms with van der Waals surface area (Å²) in [5, 5.41) is 0. The summed E-state index contributed by atoms with van der Waals surface area (Å²) in [4.78, 5) is 16.8. The lowest BCUT2D eigenvalue weighted by Crippen LogP contribution is -2.46. The summed E-state index contributed by atoms with van der Waals surface area (Å²) in [6.45, 7) is 10.6. The Morgan fingerprint density at radius 2 is 1.62 bits per heavy atom. The third-order valence-electron chi connectivity index (χ3n) is 4.03. The van der Waals surface area contributed by atoms with Gasteiger partial charge in [-0.2, -0.15) is 0 Å². The lowest BCUT2D eigenvalue weighted by molar-refractivity contribution is -0.133. The zero-order valence-corrected chi connectivity index (χ0v) is 16.7. The molecule has 0 aliphatic carbocycles. The molecule has 1 rings (SSSR count). The molecule has 0 aliphatic heterocycles. The van der Waals surface area contributed by atoms with Crippen LogP contribution in [0.1, 0.15) is 39.2 Å². The van der Waals surface area contributed by atoms with Crippen molar-refractivity contribution in [3.8, 4) is 0 Å². The fraction of sp³-hybridized carbons (Fsp3) is 0.611. The molecule has 24 heavy (non-hydrogen) atoms. The molecular weight excluding hydrogens is 345 g/mol. The molecule has 4 nitrogen and oxygen atoms in total. The van der Waals surface area contributed by atoms with Crippen molar-refractivity contribution in [2.75, 3.05) is 26.2 Å². The first-order valence-corrected chi connectivity index (χ1v) is 8.42. The first kappa shape index (κ1) is 25.4. The summed E-state index contributed by atoms with van der Waals surface area (Å²) in [7, 11) is 0. The minimum absolute atomic E-state index is 0. The first-order chi connectivity index (χ1) is 10.6. The molecule has 0 heterocycles. The van der Waals surface area contributed by atoms with E-state index in [2.05, 4.69) is 37.8 Å². The Balaban J connectivity index is 0. The van der Waals surface area contributed by atoms with E-state index in [1.165, 1.54) is 0 Å². The van der Waals surface area contributed by atoms with Crippen molar-refractivity contribution in [1.29, 1.82) is 0 Å². The minimum atomic E-state index is -0.384. The molecule has 1 atom stereocenters. The van der Waals surface area contributed by atoms with Gasteiger partial charge in [0.15, 0.2) is 0 Å². The molecule has 0 aliphatic rings. The number of nitrogens with zero attached hydrogens (tertiary/aromatic N) is 2. The molecule has 0 spiro atoms. The second kappa shape index (κ2) is 14.5. The number of carbonyl (C=O) groups excluding carboxylic acids is 1. The van der Waals surface area contributed by atoms with E-state index in [1.54, 1.807) is 0 Å². The van der Waals surface area contributed by atoms with Crippen LogP contribution in [0.4, 0.5) is 0 Å². The van der Waals surface area contributed by atoms with Crippen LogP contribution in [-0.2, 0) is 11.3 Å². The van der Waals surface area contributed by atoms with Gasteiger partial charge in [0.05, 0.1) is 6.04 Å². The van der Waals surface area contributed by atoms with Gasteiger partial charge in [0.2, 0.25) is 5.91 Å². The van der Waals surface area contributed by atoms with E-state index in [1.807, 2.05) is 23.1 Å². The van der Waals surface area contributed by atoms with E-state index in [0.29, 0.717) is 6.54 Å². The van der Waals surface area contributed by atoms with Gasteiger partial charge >= 0.3 is 0 Å². The van der Waals surface area contributed by atoms with Crippen molar-refractivity contribution in [3.63, 3.8) is 0 Å². The molecular formula is C18H33Cl2N3O. The van der Waals surface area contributed by atoms with Crippen molar-refractivity contribution in [2.45, 2.75) is 46.2 Å². The molecule has 1 aromatic rings. The second-order valence-electron chi connectivity index (χ2n) is 5.67. The highest BCUT2D eigenvalue weighted by atomic mass is 35.5. The average molecular weight is 378 g/mol. The van der Waals surface area contributed by atoms with Crippen LogP contribution >= 0.6 is 24.8 Å². The Hall–Kier alpha value is -0.810. The van der Waals surface area contributed by atoms with E-state index >= 15 is 0 Å². The molecule has 1 amide bonds. The largest absolute Gasteiger partial charge is 0.336 e. The Kier molecular flexibility index (Phi) is 15.4. The molecule has 2 N–H and O–H groups in total. The Labute approximate surface area is 159 Å². The number of amides is 1. The molecule has 6 heteroatoms. The topological polar surface area (TPSA) is 49.6 Å². The zero-order valence-electron chi connectivity index (χ0n) is 15.1. The minimum Gasteiger partial charge on any atom is -0.336 e. The Bertz CT molecular complexity index is 428. The Morgan fingerprint density at radius 1 is 1.04 bits per heavy atom. The van der Waals surface area contributed by atoms with E-state index in [-0.39, 0.29) is 36.8 Å². The van der Waals surface area contributed by atoms with E-state index < -0.39 is 0 Å². The number of rotatable bonds is 10. The van der Waals surface area contributed by atoms with Gasteiger partial charge in [-0.05, 0) is 25.1 Å². The molecule has 0 radical (unpaired) electrons. The summed E-state index contributed by atoms with van der Waals surface area (Å²) in [5.74, 6) is 0.0675. The number of benzene rings is 1. The van der Waals surface area contributed by atoms with Crippen LogP contribution < -0.4 is 5.73 Å². The van der Waals surface area contributed by atoms with Gasteiger partial charge in [-0.3, -0.25) is 4.79 Å². The van der Waals surface area contributed by atoms with Crippen LogP contribution in [0.2, 0.25) is 0 Å². The Morgan fingerprint density at radius 3 is 2.12 bits per heavy atom. The average Bonchev–Trinajstić information content (AvgIpc) is 2.55. The van der Waals surface area contributed by atoms with Crippen LogP contribution in [0.15, 0.2) is 30.3 Å². The predicted octanol–water partition coefficient (Wildman–Crippen LogP) is 3.33. The molecule has 0 saturated heterocycles. The highest BCUT2D eigenvalue weighted by Crippen LogP contribution is 2.08. The zero-order chi connectivity index (χ0) is 16.4. The summed E-state index contributed by atoms with van der Waals surface area (Å²) >= 11 is 0. The predicted molar refractivity (Wildman–Crippen MR) is 107 cm³/mol. The lowest BCUT2D eigenvalue weighted by Gasteiger charge is -2.28. The van der Waals surface area contributed by atoms with Crippen molar-refractivity contribution in [3.05, 3.63) is 35.9 Å². The maximum absolute atomic E-state index is 12.6. The van der Waals surface area contributed by atoms with Crippen LogP contribution in [0.5, 0.6) is 0 Å². The van der Waals surface area contributed by atoms with Crippen LogP contribution in [-0.4, -0.2) is 47.9 Å². The summed E-state index contributed by atoms with van der Waals surface area (Å²) in [6, 6.07) is 9.74. The number of hydrogen-bond donors (Lipinski definition) is 1. The lowest BCUT2D eigenvalue weighted by atomic mass is 10.1. The number of hydrogen-bond acceptors (Lipinski definition) is 3. The smallest absolute Gasteiger partial charge is 0.239 e. The van der Waals surface area contributed by atoms with Gasteiger partial charge in [-0.25, -0.2) is 0 Å². The summed E-state index contributed by atoms with van der Waals surface area (Å²) in [6.07, 6.45) is 1.68. The standard InChI is InChI=1S/C18H31N3O.2ClH/c1-4-10-17(19)18(22)21(14-13-20(5-2)6-3)15-16-11-8-7-9-12-16;;/h7-9,11-12,17H,4-6,10,13-15,19H2,1-3H3;2*1H. The van der Waals surface area contributed by atoms with Crippen LogP contribution in [0.3, 0.4) is 0 Å². The van der Waals surface area contributed by atoms with Crippen LogP contribution in [0.25, 0.3) is 0 Å². The number of halogens is 2. The third kappa shape index (κ3) is 8.88. The number of likely N-dealkylation sites (N-methyl/N-ethyl adjacent to an activating group) is 1. The van der Waals surface area contributed by atoms with Crippen molar-refractivity contribution in [2.24, 2.45) is 5.73 Å². The van der Waals surface area contributed by atoms with Crippen molar-refractivity contribution < 1.29 is 4.79 Å². The molecule has 0 fully saturated rings. The van der Waals surface area contributed by atoms with Crippen molar-refractivity contribution >= 4 is 30.7 Å². The monoisotopic (exact) mass is 377 g/mol. The molecule has 0 bridgehead atoms. The molecule has 0 aromatic heterocycles. The third-order valence-corrected chi connectivity index (χ3v) is 4.03. The summed E-state index contributed by atoms with van der Waals surface area (Å²) < 4.78 is 0. The SMILES string of the molecule is CCCC(N)C(=O)N(CCN(CC)CC)Cc1ccccc1.Cl.Cl.